The molecule has 0 saturated heterocycles. The molecule has 0 bridgehead atoms. The molecule has 1 aromatic heterocycles. The Morgan fingerprint density at radius 2 is 1.63 bits per heavy atom. The van der Waals surface area contributed by atoms with Gasteiger partial charge in [0, 0.05) is 35.6 Å². The van der Waals surface area contributed by atoms with Crippen LogP contribution in [0.3, 0.4) is 0 Å². The summed E-state index contributed by atoms with van der Waals surface area (Å²) in [7, 11) is 0. The number of fused-ring (bicyclic) bond motifs is 1. The van der Waals surface area contributed by atoms with Crippen LogP contribution < -0.4 is 22.2 Å². The first-order chi connectivity index (χ1) is 14.6. The summed E-state index contributed by atoms with van der Waals surface area (Å²) < 4.78 is 1.95. The Morgan fingerprint density at radius 1 is 0.967 bits per heavy atom. The van der Waals surface area contributed by atoms with Gasteiger partial charge in [-0.1, -0.05) is 48.5 Å². The number of para-hydroxylation sites is 1. The van der Waals surface area contributed by atoms with Crippen LogP contribution in [0.4, 0.5) is 5.69 Å². The van der Waals surface area contributed by atoms with Gasteiger partial charge in [0.2, 0.25) is 0 Å². The van der Waals surface area contributed by atoms with Crippen LogP contribution in [0.15, 0.2) is 73.1 Å². The molecule has 6 heteroatoms. The van der Waals surface area contributed by atoms with Crippen LogP contribution in [0.5, 0.6) is 0 Å². The van der Waals surface area contributed by atoms with Crippen LogP contribution in [0.2, 0.25) is 0 Å². The number of imidazole rings is 1. The minimum Gasteiger partial charge on any atom is -0.352 e. The van der Waals surface area contributed by atoms with E-state index in [4.69, 9.17) is 11.5 Å². The minimum atomic E-state index is -0.744. The van der Waals surface area contributed by atoms with Gasteiger partial charge in [-0.15, -0.1) is 0 Å². The minimum absolute atomic E-state index is 0.260. The predicted octanol–water partition coefficient (Wildman–Crippen LogP) is 3.59. The highest BCUT2D eigenvalue weighted by molar-refractivity contribution is 5.99. The van der Waals surface area contributed by atoms with E-state index in [0.717, 1.165) is 54.0 Å². The number of aromatic nitrogens is 2. The summed E-state index contributed by atoms with van der Waals surface area (Å²) in [5.74, 6) is 1.09. The SMILES string of the molecule is NC1CCC(C2(N)Nn3ccnc3C(Nc3ccccc3)=C2c2ccccc2)CC1. The largest absolute Gasteiger partial charge is 0.352 e. The summed E-state index contributed by atoms with van der Waals surface area (Å²) in [4.78, 5) is 4.64. The molecule has 1 unspecified atom stereocenters. The second kappa shape index (κ2) is 7.63. The lowest BCUT2D eigenvalue weighted by Gasteiger charge is -2.46. The lowest BCUT2D eigenvalue weighted by atomic mass is 9.73. The molecule has 30 heavy (non-hydrogen) atoms. The van der Waals surface area contributed by atoms with Gasteiger partial charge in [0.15, 0.2) is 5.82 Å². The molecule has 0 amide bonds. The second-order valence-corrected chi connectivity index (χ2v) is 8.32. The average Bonchev–Trinajstić information content (AvgIpc) is 3.23. The number of nitrogens with one attached hydrogen (secondary N) is 2. The third-order valence-electron chi connectivity index (χ3n) is 6.35. The fourth-order valence-corrected chi connectivity index (χ4v) is 4.79. The lowest BCUT2D eigenvalue weighted by Crippen LogP contribution is -2.61. The summed E-state index contributed by atoms with van der Waals surface area (Å²) in [6.07, 6.45) is 7.70. The number of anilines is 1. The first kappa shape index (κ1) is 18.9. The summed E-state index contributed by atoms with van der Waals surface area (Å²) in [6, 6.07) is 20.8. The highest BCUT2D eigenvalue weighted by atomic mass is 15.5. The van der Waals surface area contributed by atoms with Crippen molar-refractivity contribution in [1.82, 2.24) is 9.66 Å². The van der Waals surface area contributed by atoms with E-state index in [0.29, 0.717) is 0 Å². The molecule has 0 radical (unpaired) electrons. The number of hydrogen-bond acceptors (Lipinski definition) is 5. The Labute approximate surface area is 177 Å². The van der Waals surface area contributed by atoms with Gasteiger partial charge in [-0.25, -0.2) is 9.66 Å². The van der Waals surface area contributed by atoms with E-state index in [1.165, 1.54) is 0 Å². The van der Waals surface area contributed by atoms with Crippen LogP contribution in [-0.2, 0) is 0 Å². The van der Waals surface area contributed by atoms with Gasteiger partial charge in [-0.3, -0.25) is 5.43 Å². The van der Waals surface area contributed by atoms with E-state index in [1.54, 1.807) is 6.20 Å². The molecule has 2 heterocycles. The molecule has 1 atom stereocenters. The van der Waals surface area contributed by atoms with E-state index < -0.39 is 5.66 Å². The van der Waals surface area contributed by atoms with E-state index in [-0.39, 0.29) is 12.0 Å². The van der Waals surface area contributed by atoms with Crippen LogP contribution >= 0.6 is 0 Å². The van der Waals surface area contributed by atoms with Crippen molar-refractivity contribution in [3.05, 3.63) is 84.4 Å². The predicted molar refractivity (Wildman–Crippen MR) is 122 cm³/mol. The van der Waals surface area contributed by atoms with Crippen molar-refractivity contribution >= 4 is 17.0 Å². The van der Waals surface area contributed by atoms with Crippen LogP contribution in [-0.4, -0.2) is 21.4 Å². The van der Waals surface area contributed by atoms with Gasteiger partial charge in [0.25, 0.3) is 0 Å². The maximum Gasteiger partial charge on any atom is 0.175 e. The summed E-state index contributed by atoms with van der Waals surface area (Å²) in [5, 5.41) is 3.63. The molecule has 154 valence electrons. The van der Waals surface area contributed by atoms with Crippen molar-refractivity contribution in [3.63, 3.8) is 0 Å². The van der Waals surface area contributed by atoms with Gasteiger partial charge >= 0.3 is 0 Å². The van der Waals surface area contributed by atoms with Gasteiger partial charge in [-0.05, 0) is 43.4 Å². The Hall–Kier alpha value is -3.09. The van der Waals surface area contributed by atoms with Crippen LogP contribution in [0.25, 0.3) is 11.3 Å². The standard InChI is InChI=1S/C24H28N6/c25-19-13-11-18(12-14-19)24(26)21(17-7-3-1-4-8-17)22(23-27-15-16-30(23)29-24)28-20-9-5-2-6-10-20/h1-10,15-16,18-19,28-29H,11-14,25-26H2. The average molecular weight is 401 g/mol. The molecule has 6 nitrogen and oxygen atoms in total. The zero-order valence-electron chi connectivity index (χ0n) is 17.0. The normalized spacial score (nSPS) is 26.1. The quantitative estimate of drug-likeness (QED) is 0.537. The third-order valence-corrected chi connectivity index (χ3v) is 6.35. The maximum absolute atomic E-state index is 7.28. The maximum atomic E-state index is 7.28. The molecule has 1 saturated carbocycles. The Morgan fingerprint density at radius 3 is 2.33 bits per heavy atom. The molecule has 6 N–H and O–H groups in total. The van der Waals surface area contributed by atoms with E-state index >= 15 is 0 Å². The van der Waals surface area contributed by atoms with E-state index in [1.807, 2.05) is 35.1 Å². The van der Waals surface area contributed by atoms with Gasteiger partial charge < -0.3 is 16.8 Å². The van der Waals surface area contributed by atoms with Gasteiger partial charge in [0.1, 0.15) is 5.66 Å². The highest BCUT2D eigenvalue weighted by Gasteiger charge is 2.45. The van der Waals surface area contributed by atoms with Crippen LogP contribution in [0.1, 0.15) is 37.1 Å². The van der Waals surface area contributed by atoms with Crippen molar-refractivity contribution in [2.45, 2.75) is 37.4 Å². The number of hydrogen-bond donors (Lipinski definition) is 4. The third kappa shape index (κ3) is 3.28. The molecule has 3 aromatic rings. The lowest BCUT2D eigenvalue weighted by molar-refractivity contribution is 0.246. The topological polar surface area (TPSA) is 93.9 Å². The highest BCUT2D eigenvalue weighted by Crippen LogP contribution is 2.44. The van der Waals surface area contributed by atoms with Crippen molar-refractivity contribution in [2.24, 2.45) is 17.4 Å². The summed E-state index contributed by atoms with van der Waals surface area (Å²) >= 11 is 0. The number of benzene rings is 2. The van der Waals surface area contributed by atoms with Crippen LogP contribution in [0, 0.1) is 5.92 Å². The molecule has 2 aliphatic rings. The van der Waals surface area contributed by atoms with Crippen molar-refractivity contribution in [2.75, 3.05) is 10.7 Å². The number of nitrogens with two attached hydrogens (primary N) is 2. The smallest absolute Gasteiger partial charge is 0.175 e. The van der Waals surface area contributed by atoms with Gasteiger partial charge in [-0.2, -0.15) is 0 Å². The first-order valence-electron chi connectivity index (χ1n) is 10.6. The monoisotopic (exact) mass is 400 g/mol. The first-order valence-corrected chi connectivity index (χ1v) is 10.6. The van der Waals surface area contributed by atoms with Gasteiger partial charge in [0.05, 0.1) is 5.70 Å². The summed E-state index contributed by atoms with van der Waals surface area (Å²) in [5.41, 5.74) is 20.4. The van der Waals surface area contributed by atoms with E-state index in [9.17, 15) is 0 Å². The molecule has 2 aromatic carbocycles. The molecule has 1 fully saturated rings. The zero-order valence-corrected chi connectivity index (χ0v) is 17.0. The molecule has 1 aliphatic heterocycles. The Bertz CT molecular complexity index is 1030. The van der Waals surface area contributed by atoms with E-state index in [2.05, 4.69) is 52.1 Å². The fourth-order valence-electron chi connectivity index (χ4n) is 4.79. The Kier molecular flexibility index (Phi) is 4.81. The molecular weight excluding hydrogens is 372 g/mol. The molecule has 5 rings (SSSR count). The summed E-state index contributed by atoms with van der Waals surface area (Å²) in [6.45, 7) is 0. The van der Waals surface area contributed by atoms with Crippen molar-refractivity contribution in [3.8, 4) is 0 Å². The number of rotatable bonds is 4. The second-order valence-electron chi connectivity index (χ2n) is 8.32. The molecular formula is C24H28N6. The van der Waals surface area contributed by atoms with Crippen molar-refractivity contribution < 1.29 is 0 Å². The fraction of sp³-hybridized carbons (Fsp3) is 0.292. The molecule has 0 spiro atoms. The van der Waals surface area contributed by atoms with Crippen molar-refractivity contribution in [1.29, 1.82) is 0 Å². The Balaban J connectivity index is 1.70. The molecule has 1 aliphatic carbocycles. The number of nitrogens with zero attached hydrogens (tertiary/aromatic N) is 2. The zero-order chi connectivity index (χ0) is 20.6.